The maximum absolute atomic E-state index is 13.2. The highest BCUT2D eigenvalue weighted by atomic mass is 16.5. The number of methoxy groups -OCH3 is 1. The number of phenols is 4. The summed E-state index contributed by atoms with van der Waals surface area (Å²) >= 11 is 0. The largest absolute Gasteiger partial charge is 0.507 e. The van der Waals surface area contributed by atoms with Crippen LogP contribution in [0.15, 0.2) is 45.3 Å². The smallest absolute Gasteiger partial charge is 0.345 e. The highest BCUT2D eigenvalue weighted by Gasteiger charge is 2.28. The minimum absolute atomic E-state index is 0.0252. The number of benzene rings is 2. The Labute approximate surface area is 170 Å². The molecule has 0 bridgehead atoms. The van der Waals surface area contributed by atoms with Crippen LogP contribution in [-0.2, 0) is 11.2 Å². The standard InChI is InChI=1S/C22H20O8/c1-10(2)4-6-12-18(25)16-20(27)13(11-5-7-14(23)15(24)8-11)9-30-21(16)17(19(12)26)22(28)29-3/h4-5,7-9,23-26H,6H2,1-3H3. The lowest BCUT2D eigenvalue weighted by atomic mass is 9.97. The molecule has 3 aromatic rings. The second kappa shape index (κ2) is 7.82. The fraction of sp³-hybridized carbons (Fsp3) is 0.182. The number of ether oxygens (including phenoxy) is 1. The fourth-order valence-corrected chi connectivity index (χ4v) is 3.07. The first kappa shape index (κ1) is 20.8. The molecule has 4 N–H and O–H groups in total. The first-order chi connectivity index (χ1) is 14.2. The van der Waals surface area contributed by atoms with Crippen LogP contribution in [0.2, 0.25) is 0 Å². The number of hydrogen-bond acceptors (Lipinski definition) is 8. The summed E-state index contributed by atoms with van der Waals surface area (Å²) in [6.45, 7) is 3.64. The third kappa shape index (κ3) is 3.43. The number of allylic oxidation sites excluding steroid dienone is 2. The van der Waals surface area contributed by atoms with E-state index in [0.29, 0.717) is 0 Å². The number of esters is 1. The van der Waals surface area contributed by atoms with Crippen LogP contribution in [-0.4, -0.2) is 33.5 Å². The Morgan fingerprint density at radius 3 is 2.40 bits per heavy atom. The molecule has 0 aliphatic heterocycles. The van der Waals surface area contributed by atoms with Gasteiger partial charge >= 0.3 is 5.97 Å². The molecule has 30 heavy (non-hydrogen) atoms. The summed E-state index contributed by atoms with van der Waals surface area (Å²) in [4.78, 5) is 25.5. The van der Waals surface area contributed by atoms with E-state index in [9.17, 15) is 30.0 Å². The van der Waals surface area contributed by atoms with Gasteiger partial charge in [0.2, 0.25) is 5.43 Å². The molecule has 0 unspecified atom stereocenters. The average Bonchev–Trinajstić information content (AvgIpc) is 2.69. The monoisotopic (exact) mass is 412 g/mol. The molecule has 0 atom stereocenters. The van der Waals surface area contributed by atoms with Crippen LogP contribution in [0.3, 0.4) is 0 Å². The highest BCUT2D eigenvalue weighted by Crippen LogP contribution is 2.40. The number of rotatable bonds is 4. The molecule has 2 aromatic carbocycles. The minimum atomic E-state index is -0.936. The van der Waals surface area contributed by atoms with Crippen LogP contribution in [0.5, 0.6) is 23.0 Å². The van der Waals surface area contributed by atoms with Crippen molar-refractivity contribution < 1.29 is 34.4 Å². The summed E-state index contributed by atoms with van der Waals surface area (Å²) < 4.78 is 10.2. The van der Waals surface area contributed by atoms with E-state index in [2.05, 4.69) is 0 Å². The van der Waals surface area contributed by atoms with Crippen molar-refractivity contribution in [2.75, 3.05) is 7.11 Å². The molecule has 8 heteroatoms. The van der Waals surface area contributed by atoms with E-state index in [4.69, 9.17) is 9.15 Å². The van der Waals surface area contributed by atoms with Crippen molar-refractivity contribution in [2.45, 2.75) is 20.3 Å². The van der Waals surface area contributed by atoms with Crippen LogP contribution >= 0.6 is 0 Å². The zero-order valence-corrected chi connectivity index (χ0v) is 16.5. The number of hydrogen-bond donors (Lipinski definition) is 4. The maximum atomic E-state index is 13.2. The normalized spacial score (nSPS) is 10.8. The van der Waals surface area contributed by atoms with E-state index in [1.807, 2.05) is 13.8 Å². The van der Waals surface area contributed by atoms with E-state index in [-0.39, 0.29) is 45.4 Å². The second-order valence-electron chi connectivity index (χ2n) is 6.91. The van der Waals surface area contributed by atoms with Crippen LogP contribution in [0.4, 0.5) is 0 Å². The molecular formula is C22H20O8. The Kier molecular flexibility index (Phi) is 5.42. The first-order valence-electron chi connectivity index (χ1n) is 8.93. The van der Waals surface area contributed by atoms with E-state index in [1.165, 1.54) is 12.1 Å². The fourth-order valence-electron chi connectivity index (χ4n) is 3.07. The molecule has 0 amide bonds. The van der Waals surface area contributed by atoms with Gasteiger partial charge in [0, 0.05) is 5.56 Å². The molecule has 3 rings (SSSR count). The van der Waals surface area contributed by atoms with E-state index in [0.717, 1.165) is 25.0 Å². The third-order valence-electron chi connectivity index (χ3n) is 4.66. The molecule has 0 aliphatic carbocycles. The Morgan fingerprint density at radius 2 is 1.80 bits per heavy atom. The number of fused-ring (bicyclic) bond motifs is 1. The number of carbonyl (C=O) groups excluding carboxylic acids is 1. The summed E-state index contributed by atoms with van der Waals surface area (Å²) in [7, 11) is 1.11. The lowest BCUT2D eigenvalue weighted by molar-refractivity contribution is 0.0598. The molecule has 156 valence electrons. The molecule has 1 heterocycles. The van der Waals surface area contributed by atoms with Crippen LogP contribution in [0.25, 0.3) is 22.1 Å². The molecule has 0 fully saturated rings. The van der Waals surface area contributed by atoms with Crippen LogP contribution in [0, 0.1) is 0 Å². The summed E-state index contributed by atoms with van der Waals surface area (Å²) in [5.74, 6) is -2.81. The first-order valence-corrected chi connectivity index (χ1v) is 8.93. The number of phenolic OH excluding ortho intramolecular Hbond substituents is 4. The van der Waals surface area contributed by atoms with Crippen LogP contribution < -0.4 is 5.43 Å². The third-order valence-corrected chi connectivity index (χ3v) is 4.66. The molecular weight excluding hydrogens is 392 g/mol. The van der Waals surface area contributed by atoms with Crippen molar-refractivity contribution in [3.63, 3.8) is 0 Å². The van der Waals surface area contributed by atoms with Gasteiger partial charge in [0.1, 0.15) is 28.7 Å². The molecule has 0 spiro atoms. The maximum Gasteiger partial charge on any atom is 0.345 e. The predicted molar refractivity (Wildman–Crippen MR) is 109 cm³/mol. The summed E-state index contributed by atoms with van der Waals surface area (Å²) in [5, 5.41) is 40.3. The van der Waals surface area contributed by atoms with Crippen molar-refractivity contribution in [2.24, 2.45) is 0 Å². The topological polar surface area (TPSA) is 137 Å². The van der Waals surface area contributed by atoms with Crippen molar-refractivity contribution in [3.05, 3.63) is 57.5 Å². The van der Waals surface area contributed by atoms with Crippen molar-refractivity contribution in [1.29, 1.82) is 0 Å². The SMILES string of the molecule is COC(=O)c1c(O)c(CC=C(C)C)c(O)c2c(=O)c(-c3ccc(O)c(O)c3)coc12. The van der Waals surface area contributed by atoms with Gasteiger partial charge in [0.25, 0.3) is 0 Å². The van der Waals surface area contributed by atoms with Gasteiger partial charge in [-0.15, -0.1) is 0 Å². The molecule has 8 nitrogen and oxygen atoms in total. The predicted octanol–water partition coefficient (Wildman–Crippen LogP) is 3.58. The number of aromatic hydroxyl groups is 4. The number of carbonyl (C=O) groups is 1. The molecule has 1 aromatic heterocycles. The molecule has 0 radical (unpaired) electrons. The Morgan fingerprint density at radius 1 is 1.10 bits per heavy atom. The average molecular weight is 412 g/mol. The zero-order valence-electron chi connectivity index (χ0n) is 16.5. The van der Waals surface area contributed by atoms with Gasteiger partial charge < -0.3 is 29.6 Å². The lowest BCUT2D eigenvalue weighted by Crippen LogP contribution is -2.11. The molecule has 0 aliphatic rings. The van der Waals surface area contributed by atoms with Crippen molar-refractivity contribution in [1.82, 2.24) is 0 Å². The highest BCUT2D eigenvalue weighted by molar-refractivity contribution is 6.07. The van der Waals surface area contributed by atoms with Gasteiger partial charge in [-0.05, 0) is 38.0 Å². The summed E-state index contributed by atoms with van der Waals surface area (Å²) in [6, 6.07) is 3.75. The van der Waals surface area contributed by atoms with Gasteiger partial charge in [-0.3, -0.25) is 4.79 Å². The summed E-state index contributed by atoms with van der Waals surface area (Å²) in [6.07, 6.45) is 2.81. The van der Waals surface area contributed by atoms with E-state index in [1.54, 1.807) is 6.08 Å². The van der Waals surface area contributed by atoms with Gasteiger partial charge in [0.15, 0.2) is 17.1 Å². The Hall–Kier alpha value is -3.94. The van der Waals surface area contributed by atoms with E-state index < -0.39 is 28.6 Å². The van der Waals surface area contributed by atoms with Gasteiger partial charge in [-0.25, -0.2) is 4.79 Å². The minimum Gasteiger partial charge on any atom is -0.507 e. The Balaban J connectivity index is 2.41. The quantitative estimate of drug-likeness (QED) is 0.290. The second-order valence-corrected chi connectivity index (χ2v) is 6.91. The van der Waals surface area contributed by atoms with Crippen molar-refractivity contribution in [3.8, 4) is 34.1 Å². The van der Waals surface area contributed by atoms with E-state index >= 15 is 0 Å². The van der Waals surface area contributed by atoms with Gasteiger partial charge in [-0.1, -0.05) is 17.7 Å². The van der Waals surface area contributed by atoms with Crippen LogP contribution in [0.1, 0.15) is 29.8 Å². The molecule has 0 saturated heterocycles. The Bertz CT molecular complexity index is 1250. The van der Waals surface area contributed by atoms with Gasteiger partial charge in [0.05, 0.1) is 12.7 Å². The zero-order chi connectivity index (χ0) is 22.2. The molecule has 0 saturated carbocycles. The van der Waals surface area contributed by atoms with Crippen molar-refractivity contribution >= 4 is 16.9 Å². The lowest BCUT2D eigenvalue weighted by Gasteiger charge is -2.14. The summed E-state index contributed by atoms with van der Waals surface area (Å²) in [5.41, 5.74) is -0.325. The van der Waals surface area contributed by atoms with Gasteiger partial charge in [-0.2, -0.15) is 0 Å².